The van der Waals surface area contributed by atoms with E-state index in [-0.39, 0.29) is 11.8 Å². The molecular weight excluding hydrogens is 304 g/mol. The van der Waals surface area contributed by atoms with Crippen LogP contribution in [0.3, 0.4) is 0 Å². The van der Waals surface area contributed by atoms with E-state index in [1.54, 1.807) is 36.7 Å². The van der Waals surface area contributed by atoms with E-state index in [9.17, 15) is 4.79 Å². The Morgan fingerprint density at radius 2 is 1.91 bits per heavy atom. The van der Waals surface area contributed by atoms with Crippen LogP contribution < -0.4 is 5.32 Å². The largest absolute Gasteiger partial charge is 0.412 e. The first-order valence-electron chi connectivity index (χ1n) is 6.49. The summed E-state index contributed by atoms with van der Waals surface area (Å²) in [6.07, 6.45) is 3.31. The van der Waals surface area contributed by atoms with Gasteiger partial charge in [-0.2, -0.15) is 0 Å². The number of hydrogen-bond donors (Lipinski definition) is 1. The SMILES string of the molecule is O=C(NCc1ccncc1)c1nnc(-c2ccccc2Cl)o1. The average molecular weight is 315 g/mol. The van der Waals surface area contributed by atoms with Crippen molar-refractivity contribution in [3.05, 3.63) is 65.3 Å². The van der Waals surface area contributed by atoms with Crippen molar-refractivity contribution in [1.29, 1.82) is 0 Å². The van der Waals surface area contributed by atoms with Crippen molar-refractivity contribution in [3.63, 3.8) is 0 Å². The highest BCUT2D eigenvalue weighted by atomic mass is 35.5. The highest BCUT2D eigenvalue weighted by molar-refractivity contribution is 6.33. The van der Waals surface area contributed by atoms with E-state index in [0.717, 1.165) is 5.56 Å². The van der Waals surface area contributed by atoms with Gasteiger partial charge in [0.1, 0.15) is 0 Å². The van der Waals surface area contributed by atoms with Gasteiger partial charge >= 0.3 is 11.8 Å². The van der Waals surface area contributed by atoms with Crippen LogP contribution in [-0.2, 0) is 6.54 Å². The maximum absolute atomic E-state index is 12.0. The number of nitrogens with one attached hydrogen (secondary N) is 1. The van der Waals surface area contributed by atoms with E-state index in [1.165, 1.54) is 0 Å². The summed E-state index contributed by atoms with van der Waals surface area (Å²) in [5.41, 5.74) is 1.51. The topological polar surface area (TPSA) is 80.9 Å². The Labute approximate surface area is 131 Å². The zero-order chi connectivity index (χ0) is 15.4. The van der Waals surface area contributed by atoms with Crippen molar-refractivity contribution < 1.29 is 9.21 Å². The zero-order valence-electron chi connectivity index (χ0n) is 11.4. The number of pyridine rings is 1. The van der Waals surface area contributed by atoms with Crippen molar-refractivity contribution >= 4 is 17.5 Å². The summed E-state index contributed by atoms with van der Waals surface area (Å²) in [4.78, 5) is 15.9. The lowest BCUT2D eigenvalue weighted by Gasteiger charge is -2.01. The Hall–Kier alpha value is -2.73. The molecule has 0 bridgehead atoms. The molecule has 3 aromatic rings. The van der Waals surface area contributed by atoms with Crippen LogP contribution in [0.25, 0.3) is 11.5 Å². The highest BCUT2D eigenvalue weighted by Gasteiger charge is 2.16. The van der Waals surface area contributed by atoms with E-state index < -0.39 is 5.91 Å². The van der Waals surface area contributed by atoms with Crippen molar-refractivity contribution in [2.24, 2.45) is 0 Å². The number of carbonyl (C=O) groups excluding carboxylic acids is 1. The number of carbonyl (C=O) groups is 1. The summed E-state index contributed by atoms with van der Waals surface area (Å²) >= 11 is 6.05. The molecule has 0 fully saturated rings. The lowest BCUT2D eigenvalue weighted by atomic mass is 10.2. The Bertz CT molecular complexity index is 789. The van der Waals surface area contributed by atoms with Gasteiger partial charge in [-0.25, -0.2) is 0 Å². The molecule has 110 valence electrons. The fourth-order valence-electron chi connectivity index (χ4n) is 1.82. The van der Waals surface area contributed by atoms with Gasteiger partial charge in [-0.15, -0.1) is 10.2 Å². The predicted molar refractivity (Wildman–Crippen MR) is 80.2 cm³/mol. The van der Waals surface area contributed by atoms with Crippen LogP contribution in [0.15, 0.2) is 53.2 Å². The lowest BCUT2D eigenvalue weighted by molar-refractivity contribution is 0.0917. The molecule has 1 aromatic carbocycles. The van der Waals surface area contributed by atoms with Gasteiger partial charge < -0.3 is 9.73 Å². The minimum absolute atomic E-state index is 0.107. The molecule has 7 heteroatoms. The Kier molecular flexibility index (Phi) is 4.11. The zero-order valence-corrected chi connectivity index (χ0v) is 12.1. The third kappa shape index (κ3) is 3.12. The number of nitrogens with zero attached hydrogens (tertiary/aromatic N) is 3. The summed E-state index contributed by atoms with van der Waals surface area (Å²) < 4.78 is 5.37. The van der Waals surface area contributed by atoms with Crippen LogP contribution in [0.1, 0.15) is 16.2 Å². The molecule has 0 spiro atoms. The molecule has 2 aromatic heterocycles. The molecule has 1 amide bonds. The molecule has 0 aliphatic heterocycles. The molecule has 22 heavy (non-hydrogen) atoms. The molecule has 1 N–H and O–H groups in total. The molecule has 2 heterocycles. The Morgan fingerprint density at radius 3 is 2.68 bits per heavy atom. The first-order valence-corrected chi connectivity index (χ1v) is 6.87. The van der Waals surface area contributed by atoms with Crippen LogP contribution in [0.4, 0.5) is 0 Å². The molecule has 0 aliphatic rings. The second-order valence-electron chi connectivity index (χ2n) is 4.43. The third-order valence-electron chi connectivity index (χ3n) is 2.93. The van der Waals surface area contributed by atoms with Crippen LogP contribution >= 0.6 is 11.6 Å². The molecule has 6 nitrogen and oxygen atoms in total. The van der Waals surface area contributed by atoms with E-state index in [4.69, 9.17) is 16.0 Å². The van der Waals surface area contributed by atoms with Gasteiger partial charge in [0.2, 0.25) is 5.89 Å². The van der Waals surface area contributed by atoms with Gasteiger partial charge in [-0.1, -0.05) is 23.7 Å². The first kappa shape index (κ1) is 14.2. The van der Waals surface area contributed by atoms with Gasteiger partial charge in [0.25, 0.3) is 0 Å². The average Bonchev–Trinajstić information content (AvgIpc) is 3.04. The molecule has 0 saturated carbocycles. The van der Waals surface area contributed by atoms with Crippen LogP contribution in [0, 0.1) is 0 Å². The van der Waals surface area contributed by atoms with Gasteiger partial charge in [-0.05, 0) is 29.8 Å². The van der Waals surface area contributed by atoms with Crippen LogP contribution in [0.5, 0.6) is 0 Å². The van der Waals surface area contributed by atoms with Crippen molar-refractivity contribution in [3.8, 4) is 11.5 Å². The van der Waals surface area contributed by atoms with E-state index in [1.807, 2.05) is 12.1 Å². The minimum Gasteiger partial charge on any atom is -0.412 e. The van der Waals surface area contributed by atoms with E-state index in [0.29, 0.717) is 17.1 Å². The van der Waals surface area contributed by atoms with E-state index >= 15 is 0 Å². The molecule has 3 rings (SSSR count). The van der Waals surface area contributed by atoms with Gasteiger partial charge in [0, 0.05) is 18.9 Å². The second-order valence-corrected chi connectivity index (χ2v) is 4.84. The quantitative estimate of drug-likeness (QED) is 0.800. The van der Waals surface area contributed by atoms with Crippen LogP contribution in [-0.4, -0.2) is 21.1 Å². The van der Waals surface area contributed by atoms with Gasteiger partial charge in [0.15, 0.2) is 0 Å². The number of benzene rings is 1. The standard InChI is InChI=1S/C15H11ClN4O2/c16-12-4-2-1-3-11(12)14-19-20-15(22-14)13(21)18-9-10-5-7-17-8-6-10/h1-8H,9H2,(H,18,21). The van der Waals surface area contributed by atoms with Crippen LogP contribution in [0.2, 0.25) is 5.02 Å². The van der Waals surface area contributed by atoms with E-state index in [2.05, 4.69) is 20.5 Å². The third-order valence-corrected chi connectivity index (χ3v) is 3.26. The second kappa shape index (κ2) is 6.36. The van der Waals surface area contributed by atoms with Crippen molar-refractivity contribution in [2.75, 3.05) is 0 Å². The smallest absolute Gasteiger partial charge is 0.309 e. The van der Waals surface area contributed by atoms with Crippen molar-refractivity contribution in [1.82, 2.24) is 20.5 Å². The summed E-state index contributed by atoms with van der Waals surface area (Å²) in [5.74, 6) is -0.341. The molecule has 0 atom stereocenters. The molecular formula is C15H11ClN4O2. The highest BCUT2D eigenvalue weighted by Crippen LogP contribution is 2.26. The Morgan fingerprint density at radius 1 is 1.14 bits per heavy atom. The number of halogens is 1. The summed E-state index contributed by atoms with van der Waals surface area (Å²) in [6, 6.07) is 10.7. The normalized spacial score (nSPS) is 10.4. The lowest BCUT2D eigenvalue weighted by Crippen LogP contribution is -2.23. The van der Waals surface area contributed by atoms with Gasteiger partial charge in [0.05, 0.1) is 10.6 Å². The Balaban J connectivity index is 1.71. The number of amides is 1. The summed E-state index contributed by atoms with van der Waals surface area (Å²) in [7, 11) is 0. The summed E-state index contributed by atoms with van der Waals surface area (Å²) in [5, 5.41) is 10.8. The summed E-state index contributed by atoms with van der Waals surface area (Å²) in [6.45, 7) is 0.352. The fraction of sp³-hybridized carbons (Fsp3) is 0.0667. The van der Waals surface area contributed by atoms with Crippen molar-refractivity contribution in [2.45, 2.75) is 6.54 Å². The molecule has 0 unspecified atom stereocenters. The molecule has 0 aliphatic carbocycles. The predicted octanol–water partition coefficient (Wildman–Crippen LogP) is 2.72. The number of rotatable bonds is 4. The molecule has 0 radical (unpaired) electrons. The first-order chi connectivity index (χ1) is 10.7. The minimum atomic E-state index is -0.442. The molecule has 0 saturated heterocycles. The van der Waals surface area contributed by atoms with Gasteiger partial charge in [-0.3, -0.25) is 9.78 Å². The number of hydrogen-bond acceptors (Lipinski definition) is 5. The maximum Gasteiger partial charge on any atom is 0.309 e. The monoisotopic (exact) mass is 314 g/mol. The number of aromatic nitrogens is 3. The maximum atomic E-state index is 12.0. The fourth-order valence-corrected chi connectivity index (χ4v) is 2.03.